The Morgan fingerprint density at radius 3 is 2.68 bits per heavy atom. The molecule has 4 nitrogen and oxygen atoms in total. The molecule has 19 heavy (non-hydrogen) atoms. The summed E-state index contributed by atoms with van der Waals surface area (Å²) in [6.07, 6.45) is 2.99. The topological polar surface area (TPSA) is 58.6 Å². The van der Waals surface area contributed by atoms with Gasteiger partial charge in [-0.3, -0.25) is 4.79 Å². The van der Waals surface area contributed by atoms with E-state index in [1.807, 2.05) is 25.1 Å². The Morgan fingerprint density at radius 1 is 1.32 bits per heavy atom. The van der Waals surface area contributed by atoms with E-state index in [1.165, 1.54) is 0 Å². The molecule has 0 aliphatic heterocycles. The van der Waals surface area contributed by atoms with Crippen molar-refractivity contribution in [2.45, 2.75) is 44.8 Å². The molecular weight excluding hydrogens is 242 g/mol. The summed E-state index contributed by atoms with van der Waals surface area (Å²) in [6, 6.07) is 7.44. The zero-order valence-electron chi connectivity index (χ0n) is 11.3. The number of benzene rings is 1. The van der Waals surface area contributed by atoms with E-state index in [4.69, 9.17) is 4.74 Å². The van der Waals surface area contributed by atoms with E-state index in [2.05, 4.69) is 5.32 Å². The third kappa shape index (κ3) is 3.70. The summed E-state index contributed by atoms with van der Waals surface area (Å²) >= 11 is 0. The normalized spacial score (nSPS) is 22.8. The number of para-hydroxylation sites is 1. The molecule has 1 saturated carbocycles. The smallest absolute Gasteiger partial charge is 0.255 e. The summed E-state index contributed by atoms with van der Waals surface area (Å²) < 4.78 is 5.46. The molecule has 0 unspecified atom stereocenters. The number of amides is 1. The van der Waals surface area contributed by atoms with Crippen LogP contribution >= 0.6 is 0 Å². The van der Waals surface area contributed by atoms with Gasteiger partial charge in [0.2, 0.25) is 0 Å². The minimum absolute atomic E-state index is 0.0922. The molecule has 0 bridgehead atoms. The molecule has 1 aliphatic carbocycles. The molecule has 1 fully saturated rings. The van der Waals surface area contributed by atoms with Gasteiger partial charge >= 0.3 is 0 Å². The standard InChI is InChI=1S/C15H21NO3/c1-2-19-14-6-4-3-5-13(14)15(18)16-11-7-9-12(17)10-8-11/h3-6,11-12,17H,2,7-10H2,1H3,(H,16,18). The van der Waals surface area contributed by atoms with Crippen LogP contribution in [0.1, 0.15) is 43.0 Å². The second-order valence-corrected chi connectivity index (χ2v) is 4.91. The Bertz CT molecular complexity index is 425. The summed E-state index contributed by atoms with van der Waals surface area (Å²) in [5.74, 6) is 0.531. The summed E-state index contributed by atoms with van der Waals surface area (Å²) in [5, 5.41) is 12.5. The van der Waals surface area contributed by atoms with E-state index >= 15 is 0 Å². The molecule has 4 heteroatoms. The quantitative estimate of drug-likeness (QED) is 0.874. The van der Waals surface area contributed by atoms with Gasteiger partial charge < -0.3 is 15.2 Å². The van der Waals surface area contributed by atoms with Crippen LogP contribution in [0.3, 0.4) is 0 Å². The van der Waals surface area contributed by atoms with Crippen LogP contribution in [0.4, 0.5) is 0 Å². The van der Waals surface area contributed by atoms with Crippen LogP contribution in [0.5, 0.6) is 5.75 Å². The number of hydrogen-bond donors (Lipinski definition) is 2. The Labute approximate surface area is 113 Å². The van der Waals surface area contributed by atoms with Crippen molar-refractivity contribution in [3.63, 3.8) is 0 Å². The number of rotatable bonds is 4. The lowest BCUT2D eigenvalue weighted by atomic mass is 9.93. The molecule has 0 spiro atoms. The maximum Gasteiger partial charge on any atom is 0.255 e. The number of ether oxygens (including phenoxy) is 1. The molecule has 1 amide bonds. The zero-order chi connectivity index (χ0) is 13.7. The van der Waals surface area contributed by atoms with Crippen molar-refractivity contribution in [3.8, 4) is 5.75 Å². The molecule has 1 aliphatic rings. The van der Waals surface area contributed by atoms with E-state index in [0.717, 1.165) is 25.7 Å². The van der Waals surface area contributed by atoms with Crippen molar-refractivity contribution < 1.29 is 14.6 Å². The summed E-state index contributed by atoms with van der Waals surface area (Å²) in [4.78, 5) is 12.2. The SMILES string of the molecule is CCOc1ccccc1C(=O)NC1CCC(O)CC1. The molecule has 1 aromatic carbocycles. The van der Waals surface area contributed by atoms with Crippen molar-refractivity contribution in [1.29, 1.82) is 0 Å². The van der Waals surface area contributed by atoms with Gasteiger partial charge in [0.15, 0.2) is 0 Å². The van der Waals surface area contributed by atoms with Crippen LogP contribution in [-0.4, -0.2) is 29.8 Å². The lowest BCUT2D eigenvalue weighted by Crippen LogP contribution is -2.38. The third-order valence-corrected chi connectivity index (χ3v) is 3.46. The summed E-state index contributed by atoms with van der Waals surface area (Å²) in [5.41, 5.74) is 0.579. The van der Waals surface area contributed by atoms with Gasteiger partial charge in [-0.05, 0) is 44.7 Å². The molecule has 2 rings (SSSR count). The van der Waals surface area contributed by atoms with Crippen LogP contribution in [0.15, 0.2) is 24.3 Å². The van der Waals surface area contributed by atoms with Crippen molar-refractivity contribution >= 4 is 5.91 Å². The lowest BCUT2D eigenvalue weighted by molar-refractivity contribution is 0.0864. The molecule has 2 N–H and O–H groups in total. The van der Waals surface area contributed by atoms with Gasteiger partial charge in [0, 0.05) is 6.04 Å². The summed E-state index contributed by atoms with van der Waals surface area (Å²) in [7, 11) is 0. The van der Waals surface area contributed by atoms with Crippen molar-refractivity contribution in [1.82, 2.24) is 5.32 Å². The lowest BCUT2D eigenvalue weighted by Gasteiger charge is -2.26. The second-order valence-electron chi connectivity index (χ2n) is 4.91. The van der Waals surface area contributed by atoms with Crippen LogP contribution in [0.25, 0.3) is 0 Å². The molecule has 0 saturated heterocycles. The Kier molecular flexibility index (Phi) is 4.80. The van der Waals surface area contributed by atoms with Crippen LogP contribution in [0, 0.1) is 0 Å². The van der Waals surface area contributed by atoms with Gasteiger partial charge in [-0.2, -0.15) is 0 Å². The van der Waals surface area contributed by atoms with Gasteiger partial charge in [-0.15, -0.1) is 0 Å². The average molecular weight is 263 g/mol. The molecule has 0 aromatic heterocycles. The molecule has 0 atom stereocenters. The fourth-order valence-corrected chi connectivity index (χ4v) is 2.42. The van der Waals surface area contributed by atoms with Crippen LogP contribution in [-0.2, 0) is 0 Å². The molecule has 104 valence electrons. The highest BCUT2D eigenvalue weighted by atomic mass is 16.5. The first-order valence-electron chi connectivity index (χ1n) is 6.91. The molecule has 0 radical (unpaired) electrons. The number of nitrogens with one attached hydrogen (secondary N) is 1. The van der Waals surface area contributed by atoms with E-state index in [0.29, 0.717) is 17.9 Å². The van der Waals surface area contributed by atoms with Crippen LogP contribution in [0.2, 0.25) is 0 Å². The first-order chi connectivity index (χ1) is 9.20. The van der Waals surface area contributed by atoms with Crippen molar-refractivity contribution in [2.24, 2.45) is 0 Å². The predicted molar refractivity (Wildman–Crippen MR) is 73.3 cm³/mol. The number of hydrogen-bond acceptors (Lipinski definition) is 3. The number of aliphatic hydroxyl groups is 1. The third-order valence-electron chi connectivity index (χ3n) is 3.46. The highest BCUT2D eigenvalue weighted by molar-refractivity contribution is 5.97. The maximum atomic E-state index is 12.2. The molecular formula is C15H21NO3. The van der Waals surface area contributed by atoms with Gasteiger partial charge in [0.25, 0.3) is 5.91 Å². The van der Waals surface area contributed by atoms with Gasteiger partial charge in [-0.25, -0.2) is 0 Å². The van der Waals surface area contributed by atoms with Gasteiger partial charge in [0.1, 0.15) is 5.75 Å². The van der Waals surface area contributed by atoms with Gasteiger partial charge in [-0.1, -0.05) is 12.1 Å². The average Bonchev–Trinajstić information content (AvgIpc) is 2.42. The Hall–Kier alpha value is -1.55. The largest absolute Gasteiger partial charge is 0.493 e. The first-order valence-corrected chi connectivity index (χ1v) is 6.91. The van der Waals surface area contributed by atoms with E-state index in [-0.39, 0.29) is 18.1 Å². The predicted octanol–water partition coefficient (Wildman–Crippen LogP) is 2.12. The second kappa shape index (κ2) is 6.57. The van der Waals surface area contributed by atoms with E-state index < -0.39 is 0 Å². The first kappa shape index (κ1) is 13.9. The zero-order valence-corrected chi connectivity index (χ0v) is 11.3. The number of carbonyl (C=O) groups is 1. The van der Waals surface area contributed by atoms with Gasteiger partial charge in [0.05, 0.1) is 18.3 Å². The fourth-order valence-electron chi connectivity index (χ4n) is 2.42. The Balaban J connectivity index is 1.99. The van der Waals surface area contributed by atoms with Crippen LogP contribution < -0.4 is 10.1 Å². The van der Waals surface area contributed by atoms with Crippen molar-refractivity contribution in [2.75, 3.05) is 6.61 Å². The minimum Gasteiger partial charge on any atom is -0.493 e. The van der Waals surface area contributed by atoms with Crippen molar-refractivity contribution in [3.05, 3.63) is 29.8 Å². The van der Waals surface area contributed by atoms with E-state index in [9.17, 15) is 9.90 Å². The number of carbonyl (C=O) groups excluding carboxylic acids is 1. The van der Waals surface area contributed by atoms with E-state index in [1.54, 1.807) is 6.07 Å². The highest BCUT2D eigenvalue weighted by Gasteiger charge is 2.22. The Morgan fingerprint density at radius 2 is 2.00 bits per heavy atom. The molecule has 1 aromatic rings. The number of aliphatic hydroxyl groups excluding tert-OH is 1. The minimum atomic E-state index is -0.205. The highest BCUT2D eigenvalue weighted by Crippen LogP contribution is 2.21. The molecule has 0 heterocycles. The summed E-state index contributed by atoms with van der Waals surface area (Å²) in [6.45, 7) is 2.44. The monoisotopic (exact) mass is 263 g/mol. The fraction of sp³-hybridized carbons (Fsp3) is 0.533. The maximum absolute atomic E-state index is 12.2.